The van der Waals surface area contributed by atoms with Gasteiger partial charge in [0.15, 0.2) is 0 Å². The third-order valence-corrected chi connectivity index (χ3v) is 4.44. The number of benzene rings is 3. The molecule has 0 spiro atoms. The van der Waals surface area contributed by atoms with Crippen molar-refractivity contribution in [3.63, 3.8) is 0 Å². The van der Waals surface area contributed by atoms with E-state index < -0.39 is 11.8 Å². The van der Waals surface area contributed by atoms with Crippen LogP contribution in [0.15, 0.2) is 71.8 Å². The van der Waals surface area contributed by atoms with Crippen LogP contribution < -0.4 is 25.0 Å². The Kier molecular flexibility index (Phi) is 7.96. The second-order valence-corrected chi connectivity index (χ2v) is 6.70. The summed E-state index contributed by atoms with van der Waals surface area (Å²) in [6, 6.07) is 17.8. The van der Waals surface area contributed by atoms with Crippen molar-refractivity contribution in [1.82, 2.24) is 5.43 Å². The zero-order valence-electron chi connectivity index (χ0n) is 18.0. The molecular formula is C24H22FN3O5. The molecule has 8 nitrogen and oxygen atoms in total. The summed E-state index contributed by atoms with van der Waals surface area (Å²) in [4.78, 5) is 24.2. The predicted octanol–water partition coefficient (Wildman–Crippen LogP) is 3.51. The largest absolute Gasteiger partial charge is 0.497 e. The number of nitrogens with one attached hydrogen (secondary N) is 2. The molecule has 3 aromatic carbocycles. The highest BCUT2D eigenvalue weighted by Gasteiger charge is 2.16. The predicted molar refractivity (Wildman–Crippen MR) is 121 cm³/mol. The van der Waals surface area contributed by atoms with Gasteiger partial charge in [-0.25, -0.2) is 9.82 Å². The minimum Gasteiger partial charge on any atom is -0.497 e. The maximum atomic E-state index is 12.9. The van der Waals surface area contributed by atoms with Crippen LogP contribution in [-0.4, -0.2) is 32.2 Å². The van der Waals surface area contributed by atoms with E-state index in [1.807, 2.05) is 0 Å². The second-order valence-electron chi connectivity index (χ2n) is 6.70. The fourth-order valence-corrected chi connectivity index (χ4v) is 2.70. The quantitative estimate of drug-likeness (QED) is 0.310. The van der Waals surface area contributed by atoms with E-state index in [9.17, 15) is 14.0 Å². The van der Waals surface area contributed by atoms with Gasteiger partial charge in [-0.3, -0.25) is 9.59 Å². The summed E-state index contributed by atoms with van der Waals surface area (Å²) in [6.45, 7) is 0.303. The number of carbonyl (C=O) groups excluding carboxylic acids is 2. The molecule has 0 saturated heterocycles. The molecule has 2 amide bonds. The standard InChI is InChI=1S/C24H22FN3O5/c1-31-20-11-12-22(32-2)21(13-20)27-23(29)24(30)28-26-14-16-5-9-19(10-6-16)33-15-17-3-7-18(25)8-4-17/h3-14H,15H2,1-2H3,(H,27,29)(H,28,30). The number of nitrogens with zero attached hydrogens (tertiary/aromatic N) is 1. The number of hydrogen-bond acceptors (Lipinski definition) is 6. The van der Waals surface area contributed by atoms with E-state index in [1.165, 1.54) is 38.6 Å². The monoisotopic (exact) mass is 451 g/mol. The lowest BCUT2D eigenvalue weighted by atomic mass is 10.2. The Morgan fingerprint density at radius 3 is 2.27 bits per heavy atom. The first-order chi connectivity index (χ1) is 16.0. The Balaban J connectivity index is 1.50. The average molecular weight is 451 g/mol. The highest BCUT2D eigenvalue weighted by atomic mass is 19.1. The summed E-state index contributed by atoms with van der Waals surface area (Å²) in [5.41, 5.74) is 3.98. The van der Waals surface area contributed by atoms with E-state index in [0.717, 1.165) is 5.56 Å². The van der Waals surface area contributed by atoms with E-state index in [2.05, 4.69) is 15.8 Å². The maximum absolute atomic E-state index is 12.9. The number of hydrogen-bond donors (Lipinski definition) is 2. The lowest BCUT2D eigenvalue weighted by Crippen LogP contribution is -2.32. The van der Waals surface area contributed by atoms with Crippen molar-refractivity contribution < 1.29 is 28.2 Å². The zero-order valence-corrected chi connectivity index (χ0v) is 18.0. The van der Waals surface area contributed by atoms with Gasteiger partial charge in [-0.15, -0.1) is 0 Å². The van der Waals surface area contributed by atoms with Gasteiger partial charge in [-0.1, -0.05) is 12.1 Å². The van der Waals surface area contributed by atoms with Crippen LogP contribution in [0.5, 0.6) is 17.2 Å². The van der Waals surface area contributed by atoms with Gasteiger partial charge in [0, 0.05) is 6.07 Å². The Morgan fingerprint density at radius 2 is 1.61 bits per heavy atom. The molecule has 33 heavy (non-hydrogen) atoms. The molecule has 0 aliphatic rings. The Morgan fingerprint density at radius 1 is 0.909 bits per heavy atom. The first kappa shape index (κ1) is 23.3. The highest BCUT2D eigenvalue weighted by molar-refractivity contribution is 6.39. The number of anilines is 1. The first-order valence-corrected chi connectivity index (χ1v) is 9.82. The molecule has 170 valence electrons. The van der Waals surface area contributed by atoms with Crippen LogP contribution in [0, 0.1) is 5.82 Å². The molecule has 0 radical (unpaired) electrons. The number of ether oxygens (including phenoxy) is 3. The van der Waals surface area contributed by atoms with Gasteiger partial charge in [0.1, 0.15) is 29.7 Å². The van der Waals surface area contributed by atoms with Crippen LogP contribution >= 0.6 is 0 Å². The minimum atomic E-state index is -0.949. The normalized spacial score (nSPS) is 10.5. The van der Waals surface area contributed by atoms with Crippen molar-refractivity contribution >= 4 is 23.7 Å². The second kappa shape index (κ2) is 11.3. The summed E-state index contributed by atoms with van der Waals surface area (Å²) in [5.74, 6) is -0.672. The number of carbonyl (C=O) groups is 2. The maximum Gasteiger partial charge on any atom is 0.329 e. The lowest BCUT2D eigenvalue weighted by molar-refractivity contribution is -0.136. The minimum absolute atomic E-state index is 0.289. The number of hydrazone groups is 1. The molecular weight excluding hydrogens is 429 g/mol. The van der Waals surface area contributed by atoms with Crippen LogP contribution in [0.3, 0.4) is 0 Å². The van der Waals surface area contributed by atoms with Gasteiger partial charge in [0.05, 0.1) is 26.1 Å². The van der Waals surface area contributed by atoms with Crippen LogP contribution in [0.2, 0.25) is 0 Å². The van der Waals surface area contributed by atoms with Crippen molar-refractivity contribution in [3.8, 4) is 17.2 Å². The fraction of sp³-hybridized carbons (Fsp3) is 0.125. The summed E-state index contributed by atoms with van der Waals surface area (Å²) in [6.07, 6.45) is 1.39. The molecule has 0 unspecified atom stereocenters. The van der Waals surface area contributed by atoms with Gasteiger partial charge in [-0.2, -0.15) is 5.10 Å². The molecule has 0 aliphatic heterocycles. The van der Waals surface area contributed by atoms with Crippen LogP contribution in [0.1, 0.15) is 11.1 Å². The molecule has 3 rings (SSSR count). The van der Waals surface area contributed by atoms with Crippen molar-refractivity contribution in [2.75, 3.05) is 19.5 Å². The Hall–Kier alpha value is -4.40. The molecule has 0 saturated carbocycles. The molecule has 0 aromatic heterocycles. The Bertz CT molecular complexity index is 1130. The van der Waals surface area contributed by atoms with Crippen LogP contribution in [0.25, 0.3) is 0 Å². The van der Waals surface area contributed by atoms with E-state index in [4.69, 9.17) is 14.2 Å². The Labute approximate surface area is 190 Å². The summed E-state index contributed by atoms with van der Waals surface area (Å²) in [7, 11) is 2.93. The lowest BCUT2D eigenvalue weighted by Gasteiger charge is -2.11. The molecule has 0 bridgehead atoms. The van der Waals surface area contributed by atoms with Crippen molar-refractivity contribution in [1.29, 1.82) is 0 Å². The molecule has 0 atom stereocenters. The van der Waals surface area contributed by atoms with Gasteiger partial charge >= 0.3 is 11.8 Å². The van der Waals surface area contributed by atoms with Gasteiger partial charge in [0.2, 0.25) is 0 Å². The highest BCUT2D eigenvalue weighted by Crippen LogP contribution is 2.28. The van der Waals surface area contributed by atoms with Gasteiger partial charge in [0.25, 0.3) is 0 Å². The van der Waals surface area contributed by atoms with Gasteiger partial charge in [-0.05, 0) is 59.7 Å². The summed E-state index contributed by atoms with van der Waals surface area (Å²) in [5, 5.41) is 6.25. The smallest absolute Gasteiger partial charge is 0.329 e. The van der Waals surface area contributed by atoms with E-state index in [1.54, 1.807) is 48.5 Å². The topological polar surface area (TPSA) is 98.2 Å². The van der Waals surface area contributed by atoms with E-state index in [-0.39, 0.29) is 11.5 Å². The van der Waals surface area contributed by atoms with Crippen LogP contribution in [0.4, 0.5) is 10.1 Å². The summed E-state index contributed by atoms with van der Waals surface area (Å²) >= 11 is 0. The van der Waals surface area contributed by atoms with Crippen molar-refractivity contribution in [2.24, 2.45) is 5.10 Å². The van der Waals surface area contributed by atoms with Gasteiger partial charge < -0.3 is 19.5 Å². The number of rotatable bonds is 8. The SMILES string of the molecule is COc1ccc(OC)c(NC(=O)C(=O)NN=Cc2ccc(OCc3ccc(F)cc3)cc2)c1. The molecule has 0 aliphatic carbocycles. The molecule has 0 fully saturated rings. The van der Waals surface area contributed by atoms with Crippen molar-refractivity contribution in [3.05, 3.63) is 83.7 Å². The van der Waals surface area contributed by atoms with E-state index >= 15 is 0 Å². The molecule has 0 heterocycles. The number of amides is 2. The van der Waals surface area contributed by atoms with Crippen molar-refractivity contribution in [2.45, 2.75) is 6.61 Å². The van der Waals surface area contributed by atoms with E-state index in [0.29, 0.717) is 29.4 Å². The van der Waals surface area contributed by atoms with Crippen LogP contribution in [-0.2, 0) is 16.2 Å². The first-order valence-electron chi connectivity index (χ1n) is 9.82. The zero-order chi connectivity index (χ0) is 23.6. The molecule has 3 aromatic rings. The average Bonchev–Trinajstić information content (AvgIpc) is 2.84. The molecule has 2 N–H and O–H groups in total. The number of halogens is 1. The summed E-state index contributed by atoms with van der Waals surface area (Å²) < 4.78 is 28.9. The third-order valence-electron chi connectivity index (χ3n) is 4.44. The fourth-order valence-electron chi connectivity index (χ4n) is 2.70. The number of methoxy groups -OCH3 is 2. The molecule has 9 heteroatoms. The third kappa shape index (κ3) is 6.79.